The van der Waals surface area contributed by atoms with Gasteiger partial charge in [-0.1, -0.05) is 6.07 Å². The molecule has 1 aliphatic heterocycles. The number of hydrogen-bond donors (Lipinski definition) is 0. The van der Waals surface area contributed by atoms with Crippen LogP contribution in [0.5, 0.6) is 5.75 Å². The molecule has 0 unspecified atom stereocenters. The second-order valence-corrected chi connectivity index (χ2v) is 5.18. The zero-order valence-electron chi connectivity index (χ0n) is 11.6. The van der Waals surface area contributed by atoms with Gasteiger partial charge in [-0.15, -0.1) is 0 Å². The summed E-state index contributed by atoms with van der Waals surface area (Å²) in [6.45, 7) is 7.51. The third kappa shape index (κ3) is 2.61. The molecule has 0 bridgehead atoms. The lowest BCUT2D eigenvalue weighted by atomic mass is 10.2. The molecular weight excluding hydrogens is 236 g/mol. The predicted molar refractivity (Wildman–Crippen MR) is 78.8 cm³/mol. The van der Waals surface area contributed by atoms with E-state index < -0.39 is 0 Å². The first-order valence-corrected chi connectivity index (χ1v) is 7.31. The van der Waals surface area contributed by atoms with E-state index in [4.69, 9.17) is 4.74 Å². The maximum atomic E-state index is 5.69. The summed E-state index contributed by atoms with van der Waals surface area (Å²) in [7, 11) is 0. The van der Waals surface area contributed by atoms with Crippen LogP contribution < -0.4 is 4.74 Å². The van der Waals surface area contributed by atoms with Gasteiger partial charge in [0.2, 0.25) is 0 Å². The second-order valence-electron chi connectivity index (χ2n) is 5.18. The zero-order valence-corrected chi connectivity index (χ0v) is 11.6. The monoisotopic (exact) mass is 258 g/mol. The van der Waals surface area contributed by atoms with Crippen LogP contribution in [0.1, 0.15) is 19.8 Å². The van der Waals surface area contributed by atoms with Crippen molar-refractivity contribution in [2.24, 2.45) is 0 Å². The summed E-state index contributed by atoms with van der Waals surface area (Å²) < 4.78 is 8.03. The van der Waals surface area contributed by atoms with Crippen LogP contribution >= 0.6 is 0 Å². The molecule has 0 spiro atoms. The number of fused-ring (bicyclic) bond motifs is 1. The lowest BCUT2D eigenvalue weighted by molar-refractivity contribution is 0.324. The normalized spacial score (nSPS) is 16.3. The summed E-state index contributed by atoms with van der Waals surface area (Å²) in [6, 6.07) is 8.49. The van der Waals surface area contributed by atoms with Crippen molar-refractivity contribution in [3.63, 3.8) is 0 Å². The molecule has 0 aliphatic carbocycles. The Hall–Kier alpha value is -1.48. The summed E-state index contributed by atoms with van der Waals surface area (Å²) in [5, 5.41) is 1.23. The maximum Gasteiger partial charge on any atom is 0.128 e. The van der Waals surface area contributed by atoms with E-state index in [1.54, 1.807) is 0 Å². The molecule has 1 aliphatic rings. The highest BCUT2D eigenvalue weighted by Gasteiger charge is 2.12. The number of likely N-dealkylation sites (tertiary alicyclic amines) is 1. The highest BCUT2D eigenvalue weighted by Crippen LogP contribution is 2.26. The van der Waals surface area contributed by atoms with Crippen LogP contribution in [0.4, 0.5) is 0 Å². The Bertz CT molecular complexity index is 541. The van der Waals surface area contributed by atoms with E-state index in [1.165, 1.54) is 36.8 Å². The molecule has 0 radical (unpaired) electrons. The fraction of sp³-hybridized carbons (Fsp3) is 0.500. The molecule has 2 aromatic rings. The van der Waals surface area contributed by atoms with Crippen LogP contribution in [0.15, 0.2) is 30.5 Å². The fourth-order valence-corrected chi connectivity index (χ4v) is 2.93. The standard InChI is InChI=1S/C16H22N2O/c1-2-19-16-7-5-6-15-14(16)8-11-18(15)13-12-17-9-3-4-10-17/h5-8,11H,2-4,9-10,12-13H2,1H3. The van der Waals surface area contributed by atoms with Crippen molar-refractivity contribution in [3.05, 3.63) is 30.5 Å². The van der Waals surface area contributed by atoms with Gasteiger partial charge in [0, 0.05) is 24.7 Å². The van der Waals surface area contributed by atoms with Gasteiger partial charge < -0.3 is 14.2 Å². The minimum atomic E-state index is 0.720. The Morgan fingerprint density at radius 1 is 1.11 bits per heavy atom. The Balaban J connectivity index is 1.78. The lowest BCUT2D eigenvalue weighted by Crippen LogP contribution is -2.23. The molecule has 0 amide bonds. The van der Waals surface area contributed by atoms with E-state index in [2.05, 4.69) is 39.9 Å². The molecule has 0 atom stereocenters. The first kappa shape index (κ1) is 12.5. The van der Waals surface area contributed by atoms with Crippen LogP contribution in [0.3, 0.4) is 0 Å². The van der Waals surface area contributed by atoms with Crippen molar-refractivity contribution in [3.8, 4) is 5.75 Å². The Morgan fingerprint density at radius 3 is 2.74 bits per heavy atom. The minimum absolute atomic E-state index is 0.720. The number of rotatable bonds is 5. The summed E-state index contributed by atoms with van der Waals surface area (Å²) in [6.07, 6.45) is 4.91. The largest absolute Gasteiger partial charge is 0.493 e. The average Bonchev–Trinajstić information content (AvgIpc) is 3.06. The van der Waals surface area contributed by atoms with Gasteiger partial charge in [-0.05, 0) is 51.1 Å². The highest BCUT2D eigenvalue weighted by molar-refractivity contribution is 5.86. The van der Waals surface area contributed by atoms with E-state index >= 15 is 0 Å². The van der Waals surface area contributed by atoms with Crippen molar-refractivity contribution in [2.75, 3.05) is 26.2 Å². The molecule has 3 rings (SSSR count). The van der Waals surface area contributed by atoms with Crippen LogP contribution in [0, 0.1) is 0 Å². The smallest absolute Gasteiger partial charge is 0.128 e. The van der Waals surface area contributed by atoms with Crippen molar-refractivity contribution < 1.29 is 4.74 Å². The van der Waals surface area contributed by atoms with Crippen LogP contribution in [0.25, 0.3) is 10.9 Å². The van der Waals surface area contributed by atoms with Gasteiger partial charge in [-0.25, -0.2) is 0 Å². The number of benzene rings is 1. The summed E-state index contributed by atoms with van der Waals surface area (Å²) >= 11 is 0. The molecular formula is C16H22N2O. The lowest BCUT2D eigenvalue weighted by Gasteiger charge is -2.15. The van der Waals surface area contributed by atoms with E-state index in [9.17, 15) is 0 Å². The summed E-state index contributed by atoms with van der Waals surface area (Å²) in [5.74, 6) is 1.000. The number of hydrogen-bond acceptors (Lipinski definition) is 2. The Kier molecular flexibility index (Phi) is 3.74. The van der Waals surface area contributed by atoms with Gasteiger partial charge in [0.1, 0.15) is 5.75 Å². The average molecular weight is 258 g/mol. The third-order valence-corrected chi connectivity index (χ3v) is 3.93. The number of aromatic nitrogens is 1. The van der Waals surface area contributed by atoms with Crippen LogP contribution in [-0.2, 0) is 6.54 Å². The molecule has 102 valence electrons. The van der Waals surface area contributed by atoms with Gasteiger partial charge in [-0.3, -0.25) is 0 Å². The van der Waals surface area contributed by atoms with Crippen LogP contribution in [-0.4, -0.2) is 35.7 Å². The summed E-state index contributed by atoms with van der Waals surface area (Å²) in [5.41, 5.74) is 1.28. The number of ether oxygens (including phenoxy) is 1. The van der Waals surface area contributed by atoms with E-state index in [0.29, 0.717) is 0 Å². The SMILES string of the molecule is CCOc1cccc2c1ccn2CCN1CCCC1. The fourth-order valence-electron chi connectivity index (χ4n) is 2.93. The van der Waals surface area contributed by atoms with Gasteiger partial charge in [0.15, 0.2) is 0 Å². The predicted octanol–water partition coefficient (Wildman–Crippen LogP) is 3.14. The Morgan fingerprint density at radius 2 is 1.95 bits per heavy atom. The van der Waals surface area contributed by atoms with Gasteiger partial charge in [-0.2, -0.15) is 0 Å². The van der Waals surface area contributed by atoms with Crippen molar-refractivity contribution in [2.45, 2.75) is 26.3 Å². The topological polar surface area (TPSA) is 17.4 Å². The van der Waals surface area contributed by atoms with E-state index in [-0.39, 0.29) is 0 Å². The molecule has 19 heavy (non-hydrogen) atoms. The van der Waals surface area contributed by atoms with Crippen molar-refractivity contribution in [1.82, 2.24) is 9.47 Å². The van der Waals surface area contributed by atoms with E-state index in [0.717, 1.165) is 25.4 Å². The maximum absolute atomic E-state index is 5.69. The van der Waals surface area contributed by atoms with Gasteiger partial charge in [0.05, 0.1) is 12.1 Å². The van der Waals surface area contributed by atoms with Crippen molar-refractivity contribution >= 4 is 10.9 Å². The molecule has 1 aromatic heterocycles. The van der Waals surface area contributed by atoms with Crippen molar-refractivity contribution in [1.29, 1.82) is 0 Å². The molecule has 1 fully saturated rings. The van der Waals surface area contributed by atoms with Gasteiger partial charge in [0.25, 0.3) is 0 Å². The molecule has 2 heterocycles. The first-order chi connectivity index (χ1) is 9.38. The summed E-state index contributed by atoms with van der Waals surface area (Å²) in [4.78, 5) is 2.55. The quantitative estimate of drug-likeness (QED) is 0.819. The van der Waals surface area contributed by atoms with E-state index in [1.807, 2.05) is 6.92 Å². The van der Waals surface area contributed by atoms with Crippen LogP contribution in [0.2, 0.25) is 0 Å². The molecule has 0 saturated carbocycles. The molecule has 3 heteroatoms. The Labute approximate surface area is 114 Å². The highest BCUT2D eigenvalue weighted by atomic mass is 16.5. The minimum Gasteiger partial charge on any atom is -0.493 e. The molecule has 0 N–H and O–H groups in total. The zero-order chi connectivity index (χ0) is 13.1. The number of nitrogens with zero attached hydrogens (tertiary/aromatic N) is 2. The van der Waals surface area contributed by atoms with Gasteiger partial charge >= 0.3 is 0 Å². The molecule has 1 aromatic carbocycles. The molecule has 3 nitrogen and oxygen atoms in total. The first-order valence-electron chi connectivity index (χ1n) is 7.31. The second kappa shape index (κ2) is 5.66. The molecule has 1 saturated heterocycles. The third-order valence-electron chi connectivity index (χ3n) is 3.93.